The van der Waals surface area contributed by atoms with Crippen LogP contribution in [0.5, 0.6) is 0 Å². The Morgan fingerprint density at radius 1 is 1.38 bits per heavy atom. The standard InChI is InChI=1S/C12H22N2O.ClH/c1-10-9-13-6-7-14(10)12(15)8-11-4-2-3-5-11;/h10-11,13H,2-9H2,1H3;1H/t10-;/m1./s1. The number of amides is 1. The summed E-state index contributed by atoms with van der Waals surface area (Å²) in [6.45, 7) is 4.95. The van der Waals surface area contributed by atoms with E-state index in [2.05, 4.69) is 17.1 Å². The Kier molecular flexibility index (Phi) is 5.56. The summed E-state index contributed by atoms with van der Waals surface area (Å²) in [6.07, 6.45) is 5.99. The monoisotopic (exact) mass is 246 g/mol. The Bertz CT molecular complexity index is 229. The molecule has 1 aliphatic heterocycles. The maximum Gasteiger partial charge on any atom is 0.223 e. The van der Waals surface area contributed by atoms with Crippen molar-refractivity contribution < 1.29 is 4.79 Å². The highest BCUT2D eigenvalue weighted by Crippen LogP contribution is 2.28. The first kappa shape index (κ1) is 13.8. The highest BCUT2D eigenvalue weighted by molar-refractivity contribution is 5.85. The van der Waals surface area contributed by atoms with E-state index in [1.807, 2.05) is 0 Å². The van der Waals surface area contributed by atoms with Crippen molar-refractivity contribution in [1.29, 1.82) is 0 Å². The third kappa shape index (κ3) is 3.36. The van der Waals surface area contributed by atoms with Gasteiger partial charge in [0.25, 0.3) is 0 Å². The van der Waals surface area contributed by atoms with Crippen LogP contribution in [0.3, 0.4) is 0 Å². The van der Waals surface area contributed by atoms with Gasteiger partial charge in [-0.2, -0.15) is 0 Å². The lowest BCUT2D eigenvalue weighted by atomic mass is 10.0. The predicted octanol–water partition coefficient (Wildman–Crippen LogP) is 1.81. The normalized spacial score (nSPS) is 26.6. The fourth-order valence-corrected chi connectivity index (χ4v) is 2.79. The minimum Gasteiger partial charge on any atom is -0.337 e. The number of hydrogen-bond donors (Lipinski definition) is 1. The van der Waals surface area contributed by atoms with E-state index in [0.29, 0.717) is 17.9 Å². The largest absolute Gasteiger partial charge is 0.337 e. The molecule has 4 heteroatoms. The van der Waals surface area contributed by atoms with Gasteiger partial charge in [0.15, 0.2) is 0 Å². The number of nitrogens with zero attached hydrogens (tertiary/aromatic N) is 1. The molecule has 0 aromatic heterocycles. The van der Waals surface area contributed by atoms with E-state index in [1.54, 1.807) is 0 Å². The number of nitrogens with one attached hydrogen (secondary N) is 1. The van der Waals surface area contributed by atoms with Gasteiger partial charge in [-0.05, 0) is 25.7 Å². The highest BCUT2D eigenvalue weighted by Gasteiger charge is 2.26. The molecule has 1 heterocycles. The molecule has 0 aromatic rings. The summed E-state index contributed by atoms with van der Waals surface area (Å²) >= 11 is 0. The SMILES string of the molecule is C[C@@H]1CNCCN1C(=O)CC1CCCC1.Cl. The van der Waals surface area contributed by atoms with Crippen molar-refractivity contribution in [3.63, 3.8) is 0 Å². The predicted molar refractivity (Wildman–Crippen MR) is 67.9 cm³/mol. The number of halogens is 1. The van der Waals surface area contributed by atoms with Crippen LogP contribution in [0.4, 0.5) is 0 Å². The number of piperazine rings is 1. The summed E-state index contributed by atoms with van der Waals surface area (Å²) in [4.78, 5) is 14.1. The first-order valence-corrected chi connectivity index (χ1v) is 6.27. The van der Waals surface area contributed by atoms with E-state index in [0.717, 1.165) is 26.1 Å². The third-order valence-corrected chi connectivity index (χ3v) is 3.76. The molecule has 1 aliphatic carbocycles. The van der Waals surface area contributed by atoms with Gasteiger partial charge < -0.3 is 10.2 Å². The van der Waals surface area contributed by atoms with Crippen molar-refractivity contribution >= 4 is 18.3 Å². The quantitative estimate of drug-likeness (QED) is 0.806. The molecule has 0 unspecified atom stereocenters. The first-order valence-electron chi connectivity index (χ1n) is 6.27. The summed E-state index contributed by atoms with van der Waals surface area (Å²) in [6, 6.07) is 0.382. The molecule has 1 saturated heterocycles. The fraction of sp³-hybridized carbons (Fsp3) is 0.917. The molecule has 2 aliphatic rings. The lowest BCUT2D eigenvalue weighted by molar-refractivity contribution is -0.134. The number of carbonyl (C=O) groups excluding carboxylic acids is 1. The lowest BCUT2D eigenvalue weighted by Gasteiger charge is -2.34. The van der Waals surface area contributed by atoms with Gasteiger partial charge >= 0.3 is 0 Å². The van der Waals surface area contributed by atoms with Gasteiger partial charge in [0, 0.05) is 32.1 Å². The zero-order valence-corrected chi connectivity index (χ0v) is 10.9. The van der Waals surface area contributed by atoms with E-state index >= 15 is 0 Å². The Morgan fingerprint density at radius 2 is 2.06 bits per heavy atom. The molecule has 0 radical (unpaired) electrons. The molecule has 1 atom stereocenters. The molecule has 3 nitrogen and oxygen atoms in total. The van der Waals surface area contributed by atoms with Crippen LogP contribution in [0.25, 0.3) is 0 Å². The summed E-state index contributed by atoms with van der Waals surface area (Å²) in [7, 11) is 0. The molecule has 0 spiro atoms. The van der Waals surface area contributed by atoms with E-state index in [-0.39, 0.29) is 12.4 Å². The van der Waals surface area contributed by atoms with Crippen molar-refractivity contribution in [3.8, 4) is 0 Å². The van der Waals surface area contributed by atoms with Crippen molar-refractivity contribution in [1.82, 2.24) is 10.2 Å². The number of rotatable bonds is 2. The minimum atomic E-state index is 0. The zero-order chi connectivity index (χ0) is 10.7. The summed E-state index contributed by atoms with van der Waals surface area (Å²) in [5, 5.41) is 3.32. The average Bonchev–Trinajstić information content (AvgIpc) is 2.71. The Balaban J connectivity index is 0.00000128. The van der Waals surface area contributed by atoms with Gasteiger partial charge in [-0.3, -0.25) is 4.79 Å². The fourth-order valence-electron chi connectivity index (χ4n) is 2.79. The topological polar surface area (TPSA) is 32.3 Å². The van der Waals surface area contributed by atoms with Crippen molar-refractivity contribution in [2.45, 2.75) is 45.1 Å². The van der Waals surface area contributed by atoms with E-state index < -0.39 is 0 Å². The molecule has 2 rings (SSSR count). The van der Waals surface area contributed by atoms with E-state index in [4.69, 9.17) is 0 Å². The van der Waals surface area contributed by atoms with Gasteiger partial charge in [-0.15, -0.1) is 12.4 Å². The number of hydrogen-bond acceptors (Lipinski definition) is 2. The average molecular weight is 247 g/mol. The summed E-state index contributed by atoms with van der Waals surface area (Å²) < 4.78 is 0. The van der Waals surface area contributed by atoms with Crippen molar-refractivity contribution in [2.24, 2.45) is 5.92 Å². The van der Waals surface area contributed by atoms with Crippen LogP contribution in [0.15, 0.2) is 0 Å². The van der Waals surface area contributed by atoms with Gasteiger partial charge in [-0.25, -0.2) is 0 Å². The van der Waals surface area contributed by atoms with Gasteiger partial charge in [0.1, 0.15) is 0 Å². The van der Waals surface area contributed by atoms with Crippen LogP contribution < -0.4 is 5.32 Å². The maximum absolute atomic E-state index is 12.1. The lowest BCUT2D eigenvalue weighted by Crippen LogP contribution is -2.52. The molecule has 0 aromatic carbocycles. The molecule has 0 bridgehead atoms. The van der Waals surface area contributed by atoms with Crippen molar-refractivity contribution in [2.75, 3.05) is 19.6 Å². The molecule has 94 valence electrons. The van der Waals surface area contributed by atoms with Crippen LogP contribution in [0.1, 0.15) is 39.0 Å². The van der Waals surface area contributed by atoms with Crippen LogP contribution in [-0.4, -0.2) is 36.5 Å². The van der Waals surface area contributed by atoms with Crippen LogP contribution >= 0.6 is 12.4 Å². The summed E-state index contributed by atoms with van der Waals surface area (Å²) in [5.41, 5.74) is 0. The molecule has 1 N–H and O–H groups in total. The molecule has 1 amide bonds. The van der Waals surface area contributed by atoms with Gasteiger partial charge in [0.05, 0.1) is 0 Å². The zero-order valence-electron chi connectivity index (χ0n) is 10.1. The van der Waals surface area contributed by atoms with E-state index in [9.17, 15) is 4.79 Å². The third-order valence-electron chi connectivity index (χ3n) is 3.76. The molecule has 16 heavy (non-hydrogen) atoms. The highest BCUT2D eigenvalue weighted by atomic mass is 35.5. The second-order valence-corrected chi connectivity index (χ2v) is 4.99. The molecule has 1 saturated carbocycles. The first-order chi connectivity index (χ1) is 7.27. The minimum absolute atomic E-state index is 0. The molecule has 2 fully saturated rings. The smallest absolute Gasteiger partial charge is 0.223 e. The molecular weight excluding hydrogens is 224 g/mol. The van der Waals surface area contributed by atoms with Crippen molar-refractivity contribution in [3.05, 3.63) is 0 Å². The Morgan fingerprint density at radius 3 is 2.69 bits per heavy atom. The van der Waals surface area contributed by atoms with E-state index in [1.165, 1.54) is 25.7 Å². The van der Waals surface area contributed by atoms with Crippen LogP contribution in [0.2, 0.25) is 0 Å². The molecular formula is C12H23ClN2O. The van der Waals surface area contributed by atoms with Gasteiger partial charge in [-0.1, -0.05) is 12.8 Å². The van der Waals surface area contributed by atoms with Gasteiger partial charge in [0.2, 0.25) is 5.91 Å². The maximum atomic E-state index is 12.1. The summed E-state index contributed by atoms with van der Waals surface area (Å²) in [5.74, 6) is 1.07. The second kappa shape index (κ2) is 6.45. The Hall–Kier alpha value is -0.280. The second-order valence-electron chi connectivity index (χ2n) is 4.99. The number of carbonyl (C=O) groups is 1. The Labute approximate surface area is 104 Å². The van der Waals surface area contributed by atoms with Crippen LogP contribution in [0, 0.1) is 5.92 Å². The van der Waals surface area contributed by atoms with Crippen LogP contribution in [-0.2, 0) is 4.79 Å².